The number of aromatic nitrogens is 1. The first-order valence-corrected chi connectivity index (χ1v) is 9.42. The van der Waals surface area contributed by atoms with Crippen molar-refractivity contribution in [1.29, 1.82) is 0 Å². The molecule has 0 saturated carbocycles. The molecular weight excluding hydrogens is 376 g/mol. The highest BCUT2D eigenvalue weighted by atomic mass is 16.6. The average Bonchev–Trinajstić information content (AvgIpc) is 3.00. The van der Waals surface area contributed by atoms with Crippen LogP contribution in [0.2, 0.25) is 0 Å². The van der Waals surface area contributed by atoms with E-state index in [1.807, 2.05) is 0 Å². The number of non-ortho nitro benzene ring substituents is 1. The normalized spacial score (nSPS) is 14.2. The van der Waals surface area contributed by atoms with Gasteiger partial charge in [0.1, 0.15) is 5.69 Å². The largest absolute Gasteiger partial charge is 0.339 e. The van der Waals surface area contributed by atoms with Gasteiger partial charge in [0.2, 0.25) is 0 Å². The first kappa shape index (κ1) is 20.2. The Labute approximate surface area is 167 Å². The topological polar surface area (TPSA) is 115 Å². The molecule has 1 saturated heterocycles. The number of aryl methyl sites for hydroxylation is 1. The fraction of sp³-hybridized carbons (Fsp3) is 0.350. The number of nitrogens with one attached hydrogen (secondary N) is 1. The minimum atomic E-state index is -0.662. The highest BCUT2D eigenvalue weighted by Gasteiger charge is 2.20. The van der Waals surface area contributed by atoms with Gasteiger partial charge in [-0.2, -0.15) is 0 Å². The van der Waals surface area contributed by atoms with Crippen LogP contribution in [-0.2, 0) is 7.05 Å². The van der Waals surface area contributed by atoms with E-state index in [1.165, 1.54) is 42.1 Å². The van der Waals surface area contributed by atoms with Crippen LogP contribution in [0, 0.1) is 10.1 Å². The van der Waals surface area contributed by atoms with Gasteiger partial charge in [0.25, 0.3) is 23.1 Å². The summed E-state index contributed by atoms with van der Waals surface area (Å²) in [6.07, 6.45) is 5.50. The maximum Gasteiger partial charge on any atom is 0.274 e. The molecule has 2 heterocycles. The van der Waals surface area contributed by atoms with Crippen LogP contribution in [0.4, 0.5) is 11.4 Å². The summed E-state index contributed by atoms with van der Waals surface area (Å²) in [6, 6.07) is 6.58. The zero-order chi connectivity index (χ0) is 21.0. The van der Waals surface area contributed by atoms with E-state index in [0.29, 0.717) is 18.7 Å². The number of pyridine rings is 1. The van der Waals surface area contributed by atoms with Crippen molar-refractivity contribution >= 4 is 23.2 Å². The molecule has 2 aromatic rings. The van der Waals surface area contributed by atoms with E-state index in [2.05, 4.69) is 5.32 Å². The van der Waals surface area contributed by atoms with Crippen LogP contribution >= 0.6 is 0 Å². The lowest BCUT2D eigenvalue weighted by molar-refractivity contribution is -0.384. The monoisotopic (exact) mass is 398 g/mol. The number of benzene rings is 1. The summed E-state index contributed by atoms with van der Waals surface area (Å²) < 4.78 is 1.24. The molecule has 2 amide bonds. The second kappa shape index (κ2) is 8.68. The molecule has 1 fully saturated rings. The van der Waals surface area contributed by atoms with Crippen LogP contribution in [0.3, 0.4) is 0 Å². The quantitative estimate of drug-likeness (QED) is 0.628. The Bertz CT molecular complexity index is 1010. The lowest BCUT2D eigenvalue weighted by Crippen LogP contribution is -2.33. The number of carbonyl (C=O) groups excluding carboxylic acids is 2. The molecule has 152 valence electrons. The van der Waals surface area contributed by atoms with Gasteiger partial charge in [-0.05, 0) is 25.0 Å². The second-order valence-electron chi connectivity index (χ2n) is 7.03. The lowest BCUT2D eigenvalue weighted by Gasteiger charge is -2.21. The molecule has 1 N–H and O–H groups in total. The Hall–Kier alpha value is -3.49. The van der Waals surface area contributed by atoms with Gasteiger partial charge in [0.05, 0.1) is 10.5 Å². The third kappa shape index (κ3) is 4.68. The lowest BCUT2D eigenvalue weighted by atomic mass is 10.1. The van der Waals surface area contributed by atoms with Crippen molar-refractivity contribution in [3.63, 3.8) is 0 Å². The van der Waals surface area contributed by atoms with Crippen LogP contribution in [0.15, 0.2) is 41.3 Å². The summed E-state index contributed by atoms with van der Waals surface area (Å²) in [5, 5.41) is 13.4. The number of nitrogens with zero attached hydrogens (tertiary/aromatic N) is 3. The van der Waals surface area contributed by atoms with Gasteiger partial charge in [0, 0.05) is 44.0 Å². The van der Waals surface area contributed by atoms with E-state index in [1.54, 1.807) is 4.90 Å². The van der Waals surface area contributed by atoms with E-state index in [0.717, 1.165) is 31.7 Å². The van der Waals surface area contributed by atoms with Crippen molar-refractivity contribution < 1.29 is 14.5 Å². The predicted octanol–water partition coefficient (Wildman–Crippen LogP) is 2.56. The molecule has 0 unspecified atom stereocenters. The number of nitro groups is 1. The highest BCUT2D eigenvalue weighted by molar-refractivity contribution is 6.05. The van der Waals surface area contributed by atoms with Crippen molar-refractivity contribution in [2.75, 3.05) is 18.4 Å². The summed E-state index contributed by atoms with van der Waals surface area (Å²) >= 11 is 0. The number of carbonyl (C=O) groups is 2. The van der Waals surface area contributed by atoms with Crippen LogP contribution in [-0.4, -0.2) is 39.3 Å². The Kier molecular flexibility index (Phi) is 6.06. The molecule has 0 radical (unpaired) electrons. The maximum absolute atomic E-state index is 12.9. The van der Waals surface area contributed by atoms with Gasteiger partial charge in [-0.25, -0.2) is 0 Å². The number of hydrogen-bond acceptors (Lipinski definition) is 5. The van der Waals surface area contributed by atoms with Crippen LogP contribution in [0.1, 0.15) is 46.4 Å². The number of likely N-dealkylation sites (tertiary alicyclic amines) is 1. The molecule has 1 aliphatic rings. The zero-order valence-corrected chi connectivity index (χ0v) is 16.1. The predicted molar refractivity (Wildman–Crippen MR) is 107 cm³/mol. The number of amides is 2. The van der Waals surface area contributed by atoms with Crippen molar-refractivity contribution in [1.82, 2.24) is 9.47 Å². The van der Waals surface area contributed by atoms with Crippen LogP contribution in [0.25, 0.3) is 0 Å². The molecule has 3 rings (SSSR count). The number of hydrogen-bond donors (Lipinski definition) is 1. The Morgan fingerprint density at radius 3 is 2.41 bits per heavy atom. The number of nitro benzene ring substituents is 1. The Morgan fingerprint density at radius 2 is 1.76 bits per heavy atom. The number of rotatable bonds is 4. The van der Waals surface area contributed by atoms with Crippen molar-refractivity contribution in [2.24, 2.45) is 7.05 Å². The molecule has 9 heteroatoms. The maximum atomic E-state index is 12.9. The third-order valence-electron chi connectivity index (χ3n) is 4.89. The molecule has 0 spiro atoms. The summed E-state index contributed by atoms with van der Waals surface area (Å²) in [5.74, 6) is -0.849. The summed E-state index contributed by atoms with van der Waals surface area (Å²) in [6.45, 7) is 1.33. The van der Waals surface area contributed by atoms with E-state index < -0.39 is 16.4 Å². The fourth-order valence-corrected chi connectivity index (χ4v) is 3.33. The van der Waals surface area contributed by atoms with Gasteiger partial charge in [-0.3, -0.25) is 24.5 Å². The molecule has 1 aromatic carbocycles. The van der Waals surface area contributed by atoms with Gasteiger partial charge in [0.15, 0.2) is 0 Å². The van der Waals surface area contributed by atoms with Crippen molar-refractivity contribution in [3.05, 3.63) is 68.1 Å². The van der Waals surface area contributed by atoms with Gasteiger partial charge < -0.3 is 14.8 Å². The first-order chi connectivity index (χ1) is 13.9. The fourth-order valence-electron chi connectivity index (χ4n) is 3.33. The minimum absolute atomic E-state index is 0.0468. The van der Waals surface area contributed by atoms with E-state index in [4.69, 9.17) is 0 Å². The van der Waals surface area contributed by atoms with Gasteiger partial charge in [-0.15, -0.1) is 0 Å². The van der Waals surface area contributed by atoms with Crippen LogP contribution in [0.5, 0.6) is 0 Å². The van der Waals surface area contributed by atoms with Crippen molar-refractivity contribution in [2.45, 2.75) is 25.7 Å². The molecule has 0 bridgehead atoms. The Balaban J connectivity index is 1.86. The van der Waals surface area contributed by atoms with Gasteiger partial charge >= 0.3 is 0 Å². The molecule has 29 heavy (non-hydrogen) atoms. The number of anilines is 1. The van der Waals surface area contributed by atoms with Crippen molar-refractivity contribution in [3.8, 4) is 0 Å². The molecule has 0 aliphatic carbocycles. The molecule has 9 nitrogen and oxygen atoms in total. The average molecular weight is 398 g/mol. The molecule has 1 aliphatic heterocycles. The summed E-state index contributed by atoms with van der Waals surface area (Å²) in [7, 11) is 1.50. The summed E-state index contributed by atoms with van der Waals surface area (Å²) in [4.78, 5) is 49.9. The Morgan fingerprint density at radius 1 is 1.07 bits per heavy atom. The van der Waals surface area contributed by atoms with Crippen LogP contribution < -0.4 is 10.9 Å². The standard InChI is InChI=1S/C20H22N4O5/c1-22-13-15(19(26)23-9-4-2-3-5-10-23)12-17(20(22)27)21-18(25)14-7-6-8-16(11-14)24(28)29/h6-8,11-13H,2-5,9-10H2,1H3,(H,21,25). The SMILES string of the molecule is Cn1cc(C(=O)N2CCCCCC2)cc(NC(=O)c2cccc([N+](=O)[O-])c2)c1=O. The highest BCUT2D eigenvalue weighted by Crippen LogP contribution is 2.17. The third-order valence-corrected chi connectivity index (χ3v) is 4.89. The second-order valence-corrected chi connectivity index (χ2v) is 7.03. The first-order valence-electron chi connectivity index (χ1n) is 9.42. The smallest absolute Gasteiger partial charge is 0.274 e. The zero-order valence-electron chi connectivity index (χ0n) is 16.1. The minimum Gasteiger partial charge on any atom is -0.339 e. The van der Waals surface area contributed by atoms with E-state index >= 15 is 0 Å². The molecule has 0 atom stereocenters. The van der Waals surface area contributed by atoms with E-state index in [9.17, 15) is 24.5 Å². The van der Waals surface area contributed by atoms with Gasteiger partial charge in [-0.1, -0.05) is 18.9 Å². The molecule has 1 aromatic heterocycles. The summed E-state index contributed by atoms with van der Waals surface area (Å²) in [5.41, 5.74) is -0.398. The van der Waals surface area contributed by atoms with E-state index in [-0.39, 0.29) is 22.8 Å². The molecular formula is C20H22N4O5.